The molecular formula is C9H9BrN2. The summed E-state index contributed by atoms with van der Waals surface area (Å²) < 4.78 is 1.11. The Morgan fingerprint density at radius 3 is 3.00 bits per heavy atom. The van der Waals surface area contributed by atoms with Gasteiger partial charge in [-0.1, -0.05) is 28.1 Å². The minimum atomic E-state index is 0.294. The Morgan fingerprint density at radius 2 is 2.33 bits per heavy atom. The molecule has 0 bridgehead atoms. The van der Waals surface area contributed by atoms with Crippen LogP contribution in [-0.2, 0) is 0 Å². The molecule has 0 aromatic heterocycles. The lowest BCUT2D eigenvalue weighted by Gasteiger charge is -2.04. The second-order valence-corrected chi connectivity index (χ2v) is 3.76. The van der Waals surface area contributed by atoms with Crippen LogP contribution >= 0.6 is 15.9 Å². The Labute approximate surface area is 79.8 Å². The number of halogens is 1. The van der Waals surface area contributed by atoms with E-state index in [2.05, 4.69) is 38.3 Å². The van der Waals surface area contributed by atoms with Crippen molar-refractivity contribution in [2.75, 3.05) is 6.54 Å². The first-order valence-electron chi connectivity index (χ1n) is 3.98. The largest absolute Gasteiger partial charge is 0.193 e. The third-order valence-corrected chi connectivity index (χ3v) is 2.45. The molecule has 0 fully saturated rings. The molecule has 0 aliphatic carbocycles. The Morgan fingerprint density at radius 1 is 1.42 bits per heavy atom. The number of azo groups is 1. The Balaban J connectivity index is 2.27. The average molecular weight is 225 g/mol. The molecule has 2 rings (SSSR count). The minimum absolute atomic E-state index is 0.294. The van der Waals surface area contributed by atoms with Gasteiger partial charge in [-0.2, -0.15) is 10.2 Å². The van der Waals surface area contributed by atoms with Crippen LogP contribution in [0.4, 0.5) is 0 Å². The molecule has 0 radical (unpaired) electrons. The predicted molar refractivity (Wildman–Crippen MR) is 51.2 cm³/mol. The zero-order chi connectivity index (χ0) is 8.39. The number of rotatable bonds is 1. The van der Waals surface area contributed by atoms with Crippen LogP contribution in [0.25, 0.3) is 0 Å². The SMILES string of the molecule is Brc1cccc(C2CCN=N2)c1. The van der Waals surface area contributed by atoms with Crippen molar-refractivity contribution in [1.29, 1.82) is 0 Å². The topological polar surface area (TPSA) is 24.7 Å². The number of benzene rings is 1. The Kier molecular flexibility index (Phi) is 2.21. The molecule has 0 amide bonds. The Bertz CT molecular complexity index is 309. The molecule has 12 heavy (non-hydrogen) atoms. The summed E-state index contributed by atoms with van der Waals surface area (Å²) in [4.78, 5) is 0. The van der Waals surface area contributed by atoms with Gasteiger partial charge in [-0.05, 0) is 24.1 Å². The first-order valence-corrected chi connectivity index (χ1v) is 4.77. The lowest BCUT2D eigenvalue weighted by Crippen LogP contribution is -1.90. The second kappa shape index (κ2) is 3.35. The highest BCUT2D eigenvalue weighted by Crippen LogP contribution is 2.27. The molecule has 1 aromatic rings. The van der Waals surface area contributed by atoms with Crippen molar-refractivity contribution in [1.82, 2.24) is 0 Å². The van der Waals surface area contributed by atoms with Crippen molar-refractivity contribution in [2.24, 2.45) is 10.2 Å². The van der Waals surface area contributed by atoms with Gasteiger partial charge < -0.3 is 0 Å². The van der Waals surface area contributed by atoms with Crippen LogP contribution in [-0.4, -0.2) is 6.54 Å². The lowest BCUT2D eigenvalue weighted by molar-refractivity contribution is 0.741. The summed E-state index contributed by atoms with van der Waals surface area (Å²) in [6, 6.07) is 8.56. The monoisotopic (exact) mass is 224 g/mol. The first-order chi connectivity index (χ1) is 5.86. The van der Waals surface area contributed by atoms with E-state index in [9.17, 15) is 0 Å². The standard InChI is InChI=1S/C9H9BrN2/c10-8-3-1-2-7(6-8)9-4-5-11-12-9/h1-3,6,9H,4-5H2. The normalized spacial score (nSPS) is 21.6. The van der Waals surface area contributed by atoms with Crippen molar-refractivity contribution in [3.8, 4) is 0 Å². The van der Waals surface area contributed by atoms with Gasteiger partial charge in [-0.25, -0.2) is 0 Å². The molecule has 0 saturated heterocycles. The summed E-state index contributed by atoms with van der Waals surface area (Å²) in [7, 11) is 0. The average Bonchev–Trinajstić information content (AvgIpc) is 2.56. The minimum Gasteiger partial charge on any atom is -0.193 e. The quantitative estimate of drug-likeness (QED) is 0.700. The van der Waals surface area contributed by atoms with Gasteiger partial charge in [0.25, 0.3) is 0 Å². The molecule has 3 heteroatoms. The second-order valence-electron chi connectivity index (χ2n) is 2.84. The molecule has 62 valence electrons. The predicted octanol–water partition coefficient (Wildman–Crippen LogP) is 3.35. The van der Waals surface area contributed by atoms with Gasteiger partial charge >= 0.3 is 0 Å². The van der Waals surface area contributed by atoms with Gasteiger partial charge in [0.2, 0.25) is 0 Å². The fourth-order valence-electron chi connectivity index (χ4n) is 1.34. The van der Waals surface area contributed by atoms with E-state index in [0.29, 0.717) is 6.04 Å². The number of hydrogen-bond acceptors (Lipinski definition) is 2. The van der Waals surface area contributed by atoms with E-state index in [-0.39, 0.29) is 0 Å². The fourth-order valence-corrected chi connectivity index (χ4v) is 1.76. The number of hydrogen-bond donors (Lipinski definition) is 0. The molecule has 1 aromatic carbocycles. The van der Waals surface area contributed by atoms with Crippen molar-refractivity contribution >= 4 is 15.9 Å². The van der Waals surface area contributed by atoms with E-state index in [1.54, 1.807) is 0 Å². The van der Waals surface area contributed by atoms with Gasteiger partial charge in [0.15, 0.2) is 0 Å². The van der Waals surface area contributed by atoms with Crippen LogP contribution in [0, 0.1) is 0 Å². The van der Waals surface area contributed by atoms with Crippen LogP contribution in [0.3, 0.4) is 0 Å². The molecule has 0 N–H and O–H groups in total. The van der Waals surface area contributed by atoms with Crippen LogP contribution < -0.4 is 0 Å². The molecule has 2 nitrogen and oxygen atoms in total. The van der Waals surface area contributed by atoms with Gasteiger partial charge in [0.05, 0.1) is 12.6 Å². The van der Waals surface area contributed by atoms with Crippen molar-refractivity contribution in [3.63, 3.8) is 0 Å². The van der Waals surface area contributed by atoms with E-state index >= 15 is 0 Å². The fraction of sp³-hybridized carbons (Fsp3) is 0.333. The highest BCUT2D eigenvalue weighted by Gasteiger charge is 2.13. The van der Waals surface area contributed by atoms with Crippen LogP contribution in [0.2, 0.25) is 0 Å². The number of nitrogens with zero attached hydrogens (tertiary/aromatic N) is 2. The van der Waals surface area contributed by atoms with E-state index < -0.39 is 0 Å². The summed E-state index contributed by atoms with van der Waals surface area (Å²) in [6.07, 6.45) is 1.05. The zero-order valence-electron chi connectivity index (χ0n) is 6.57. The summed E-state index contributed by atoms with van der Waals surface area (Å²) in [6.45, 7) is 0.872. The van der Waals surface area contributed by atoms with Gasteiger partial charge in [-0.15, -0.1) is 0 Å². The highest BCUT2D eigenvalue weighted by atomic mass is 79.9. The van der Waals surface area contributed by atoms with E-state index in [0.717, 1.165) is 17.4 Å². The summed E-state index contributed by atoms with van der Waals surface area (Å²) >= 11 is 3.44. The summed E-state index contributed by atoms with van der Waals surface area (Å²) in [5.41, 5.74) is 1.26. The maximum atomic E-state index is 4.15. The summed E-state index contributed by atoms with van der Waals surface area (Å²) in [5.74, 6) is 0. The van der Waals surface area contributed by atoms with E-state index in [1.165, 1.54) is 5.56 Å². The van der Waals surface area contributed by atoms with Crippen molar-refractivity contribution in [2.45, 2.75) is 12.5 Å². The Hall–Kier alpha value is -0.700. The van der Waals surface area contributed by atoms with Crippen molar-refractivity contribution in [3.05, 3.63) is 34.3 Å². The lowest BCUT2D eigenvalue weighted by atomic mass is 10.1. The van der Waals surface area contributed by atoms with Crippen LogP contribution in [0.1, 0.15) is 18.0 Å². The molecule has 1 heterocycles. The molecular weight excluding hydrogens is 216 g/mol. The van der Waals surface area contributed by atoms with E-state index in [4.69, 9.17) is 0 Å². The molecule has 1 aliphatic heterocycles. The van der Waals surface area contributed by atoms with Gasteiger partial charge in [-0.3, -0.25) is 0 Å². The maximum absolute atomic E-state index is 4.15. The molecule has 1 unspecified atom stereocenters. The van der Waals surface area contributed by atoms with Crippen molar-refractivity contribution < 1.29 is 0 Å². The molecule has 0 saturated carbocycles. The molecule has 1 atom stereocenters. The smallest absolute Gasteiger partial charge is 0.0976 e. The van der Waals surface area contributed by atoms with Gasteiger partial charge in [0, 0.05) is 4.47 Å². The maximum Gasteiger partial charge on any atom is 0.0976 e. The molecule has 1 aliphatic rings. The highest BCUT2D eigenvalue weighted by molar-refractivity contribution is 9.10. The summed E-state index contributed by atoms with van der Waals surface area (Å²) in [5, 5.41) is 8.13. The third-order valence-electron chi connectivity index (χ3n) is 1.96. The van der Waals surface area contributed by atoms with Crippen LogP contribution in [0.5, 0.6) is 0 Å². The van der Waals surface area contributed by atoms with E-state index in [1.807, 2.05) is 12.1 Å². The van der Waals surface area contributed by atoms with Crippen LogP contribution in [0.15, 0.2) is 39.0 Å². The first kappa shape index (κ1) is 7.92. The molecule has 0 spiro atoms. The third kappa shape index (κ3) is 1.55. The zero-order valence-corrected chi connectivity index (χ0v) is 8.16. The van der Waals surface area contributed by atoms with Gasteiger partial charge in [0.1, 0.15) is 0 Å².